The van der Waals surface area contributed by atoms with E-state index in [-0.39, 0.29) is 30.8 Å². The predicted molar refractivity (Wildman–Crippen MR) is 229 cm³/mol. The Bertz CT molecular complexity index is 1700. The topological polar surface area (TPSA) is 81.7 Å². The summed E-state index contributed by atoms with van der Waals surface area (Å²) < 4.78 is 45.6. The van der Waals surface area contributed by atoms with E-state index in [1.54, 1.807) is 14.2 Å². The average molecular weight is 858 g/mol. The molecule has 1 aliphatic heterocycles. The van der Waals surface area contributed by atoms with E-state index in [2.05, 4.69) is 91.3 Å². The van der Waals surface area contributed by atoms with Gasteiger partial charge in [0.05, 0.1) is 29.2 Å². The van der Waals surface area contributed by atoms with E-state index in [0.29, 0.717) is 58.9 Å². The molecule has 55 heavy (non-hydrogen) atoms. The van der Waals surface area contributed by atoms with Gasteiger partial charge in [-0.1, -0.05) is 105 Å². The third-order valence-electron chi connectivity index (χ3n) is 11.6. The van der Waals surface area contributed by atoms with Gasteiger partial charge in [0.25, 0.3) is 0 Å². The van der Waals surface area contributed by atoms with Crippen molar-refractivity contribution in [3.63, 3.8) is 0 Å². The molecule has 3 aromatic carbocycles. The number of fused-ring (bicyclic) bond motifs is 1. The van der Waals surface area contributed by atoms with E-state index in [1.165, 1.54) is 0 Å². The normalized spacial score (nSPS) is 16.2. The zero-order valence-electron chi connectivity index (χ0n) is 35.5. The largest absolute Gasteiger partial charge is 0.488 e. The van der Waals surface area contributed by atoms with Crippen molar-refractivity contribution in [2.45, 2.75) is 142 Å². The molecule has 0 saturated heterocycles. The summed E-state index contributed by atoms with van der Waals surface area (Å²) in [4.78, 5) is 14.4. The Hall–Kier alpha value is -2.52. The quantitative estimate of drug-likeness (QED) is 0.0871. The van der Waals surface area contributed by atoms with Crippen molar-refractivity contribution >= 4 is 38.5 Å². The Kier molecular flexibility index (Phi) is 15.8. The lowest BCUT2D eigenvalue weighted by molar-refractivity contribution is -0.0146. The van der Waals surface area contributed by atoms with Gasteiger partial charge >= 0.3 is 5.97 Å². The van der Waals surface area contributed by atoms with Gasteiger partial charge in [-0.05, 0) is 85.9 Å². The monoisotopic (exact) mass is 856 g/mol. The molecule has 1 heterocycles. The Balaban J connectivity index is 1.74. The number of carbonyl (C=O) groups excluding carboxylic acids is 1. The van der Waals surface area contributed by atoms with Crippen molar-refractivity contribution in [3.05, 3.63) is 92.5 Å². The molecule has 4 rings (SSSR count). The lowest BCUT2D eigenvalue weighted by atomic mass is 9.87. The summed E-state index contributed by atoms with van der Waals surface area (Å²) in [6.45, 7) is 26.4. The first-order valence-corrected chi connectivity index (χ1v) is 25.5. The summed E-state index contributed by atoms with van der Waals surface area (Å²) in [5, 5.41) is 0.0672. The van der Waals surface area contributed by atoms with Crippen LogP contribution in [-0.2, 0) is 49.5 Å². The second kappa shape index (κ2) is 19.3. The SMILES string of the molecule is COCc1cc2c(c(COC)c1C(=O)OCc1cccc(OCc3ccccc3)c1Br)C(CCO[Si](C)(C)C(C)(C)C)C(O[Si](C(C)C)(C(C)C)C(C)C)O2. The van der Waals surface area contributed by atoms with Gasteiger partial charge in [-0.3, -0.25) is 0 Å². The number of carbonyl (C=O) groups is 1. The summed E-state index contributed by atoms with van der Waals surface area (Å²) in [5.74, 6) is 0.720. The van der Waals surface area contributed by atoms with Crippen LogP contribution >= 0.6 is 15.9 Å². The van der Waals surface area contributed by atoms with Gasteiger partial charge in [-0.2, -0.15) is 0 Å². The van der Waals surface area contributed by atoms with E-state index in [0.717, 1.165) is 26.7 Å². The second-order valence-corrected chi connectivity index (χ2v) is 28.2. The van der Waals surface area contributed by atoms with Crippen molar-refractivity contribution in [3.8, 4) is 11.5 Å². The van der Waals surface area contributed by atoms with Crippen molar-refractivity contribution in [1.29, 1.82) is 0 Å². The van der Waals surface area contributed by atoms with Crippen LogP contribution in [0.2, 0.25) is 34.8 Å². The van der Waals surface area contributed by atoms with Crippen LogP contribution in [0, 0.1) is 0 Å². The first-order chi connectivity index (χ1) is 25.9. The fourth-order valence-corrected chi connectivity index (χ4v) is 14.8. The van der Waals surface area contributed by atoms with E-state index < -0.39 is 28.9 Å². The Morgan fingerprint density at radius 3 is 2.05 bits per heavy atom. The van der Waals surface area contributed by atoms with E-state index >= 15 is 0 Å². The standard InChI is InChI=1S/C44H65BrO8Si2/c1-29(2)55(30(3)4,31(5)6)53-43-35(22-23-51-54(12,13)44(7,8)9)40-36(28-48-11)39(34(26-47-10)24-38(40)52-43)42(46)50-27-33-20-17-21-37(41(33)45)49-25-32-18-15-14-16-19-32/h14-21,24,29-31,35,43H,22-23,25-28H2,1-13H3. The molecule has 304 valence electrons. The number of rotatable bonds is 19. The molecule has 11 heteroatoms. The molecule has 0 bridgehead atoms. The maximum atomic E-state index is 14.4. The number of ether oxygens (including phenoxy) is 5. The average Bonchev–Trinajstić information content (AvgIpc) is 3.45. The van der Waals surface area contributed by atoms with Gasteiger partial charge in [-0.15, -0.1) is 0 Å². The van der Waals surface area contributed by atoms with Crippen molar-refractivity contribution < 1.29 is 37.3 Å². The third-order valence-corrected chi connectivity index (χ3v) is 23.1. The van der Waals surface area contributed by atoms with E-state index in [9.17, 15) is 4.79 Å². The first kappa shape index (κ1) is 45.2. The smallest absolute Gasteiger partial charge is 0.339 e. The minimum absolute atomic E-state index is 0.0369. The van der Waals surface area contributed by atoms with Crippen LogP contribution in [0.5, 0.6) is 11.5 Å². The fraction of sp³-hybridized carbons (Fsp3) is 0.568. The minimum atomic E-state index is -2.38. The highest BCUT2D eigenvalue weighted by atomic mass is 79.9. The molecule has 0 fully saturated rings. The van der Waals surface area contributed by atoms with Gasteiger partial charge in [0.15, 0.2) is 14.6 Å². The zero-order chi connectivity index (χ0) is 40.7. The molecule has 3 aromatic rings. The molecular formula is C44H65BrO8Si2. The summed E-state index contributed by atoms with van der Waals surface area (Å²) in [5.41, 5.74) is 5.71. The van der Waals surface area contributed by atoms with Gasteiger partial charge in [0.1, 0.15) is 24.7 Å². The van der Waals surface area contributed by atoms with Gasteiger partial charge < -0.3 is 32.5 Å². The number of hydrogen-bond donors (Lipinski definition) is 0. The molecule has 0 saturated carbocycles. The molecule has 0 amide bonds. The number of halogens is 1. The zero-order valence-corrected chi connectivity index (χ0v) is 39.1. The Labute approximate surface area is 341 Å². The van der Waals surface area contributed by atoms with Gasteiger partial charge in [0.2, 0.25) is 8.32 Å². The Morgan fingerprint density at radius 1 is 0.836 bits per heavy atom. The molecule has 0 N–H and O–H groups in total. The van der Waals surface area contributed by atoms with Crippen LogP contribution in [0.15, 0.2) is 59.1 Å². The number of esters is 1. The number of hydrogen-bond acceptors (Lipinski definition) is 8. The molecule has 0 aliphatic carbocycles. The summed E-state index contributed by atoms with van der Waals surface area (Å²) >= 11 is 3.71. The van der Waals surface area contributed by atoms with Crippen LogP contribution in [0.4, 0.5) is 0 Å². The van der Waals surface area contributed by atoms with Crippen molar-refractivity contribution in [2.24, 2.45) is 0 Å². The third kappa shape index (κ3) is 10.3. The van der Waals surface area contributed by atoms with Crippen LogP contribution < -0.4 is 9.47 Å². The van der Waals surface area contributed by atoms with Crippen LogP contribution in [0.25, 0.3) is 0 Å². The van der Waals surface area contributed by atoms with Gasteiger partial charge in [-0.25, -0.2) is 4.79 Å². The lowest BCUT2D eigenvalue weighted by Crippen LogP contribution is -2.51. The number of methoxy groups -OCH3 is 2. The molecule has 0 radical (unpaired) electrons. The highest BCUT2D eigenvalue weighted by molar-refractivity contribution is 9.10. The minimum Gasteiger partial charge on any atom is -0.488 e. The lowest BCUT2D eigenvalue weighted by Gasteiger charge is -2.44. The van der Waals surface area contributed by atoms with Crippen molar-refractivity contribution in [2.75, 3.05) is 20.8 Å². The molecule has 2 unspecified atom stereocenters. The van der Waals surface area contributed by atoms with Crippen LogP contribution in [0.3, 0.4) is 0 Å². The molecule has 2 atom stereocenters. The molecule has 8 nitrogen and oxygen atoms in total. The summed E-state index contributed by atoms with van der Waals surface area (Å²) in [6, 6.07) is 17.7. The molecule has 0 aromatic heterocycles. The molecular weight excluding hydrogens is 793 g/mol. The summed E-state index contributed by atoms with van der Waals surface area (Å²) in [7, 11) is -1.16. The number of benzene rings is 3. The highest BCUT2D eigenvalue weighted by Crippen LogP contribution is 2.51. The van der Waals surface area contributed by atoms with E-state index in [1.807, 2.05) is 54.6 Å². The predicted octanol–water partition coefficient (Wildman–Crippen LogP) is 12.1. The maximum Gasteiger partial charge on any atom is 0.339 e. The Morgan fingerprint density at radius 2 is 1.47 bits per heavy atom. The highest BCUT2D eigenvalue weighted by Gasteiger charge is 2.51. The van der Waals surface area contributed by atoms with Crippen LogP contribution in [0.1, 0.15) is 113 Å². The van der Waals surface area contributed by atoms with Gasteiger partial charge in [0, 0.05) is 32.0 Å². The molecule has 1 aliphatic rings. The fourth-order valence-electron chi connectivity index (χ4n) is 7.83. The second-order valence-electron chi connectivity index (χ2n) is 17.2. The van der Waals surface area contributed by atoms with E-state index in [4.69, 9.17) is 32.5 Å². The van der Waals surface area contributed by atoms with Crippen LogP contribution in [-0.4, -0.2) is 49.7 Å². The molecule has 0 spiro atoms. The maximum absolute atomic E-state index is 14.4. The summed E-state index contributed by atoms with van der Waals surface area (Å²) in [6.07, 6.45) is 0.129. The first-order valence-electron chi connectivity index (χ1n) is 19.7. The van der Waals surface area contributed by atoms with Crippen molar-refractivity contribution in [1.82, 2.24) is 0 Å².